The second-order valence-corrected chi connectivity index (χ2v) is 0.675. The van der Waals surface area contributed by atoms with Crippen molar-refractivity contribution in [2.45, 2.75) is 13.3 Å². The molecule has 0 aliphatic carbocycles. The highest BCUT2D eigenvalue weighted by molar-refractivity contribution is 4.91. The maximum absolute atomic E-state index is 4.78. The molecule has 0 aromatic heterocycles. The van der Waals surface area contributed by atoms with Gasteiger partial charge in [-0.3, -0.25) is 0 Å². The molecule has 0 atom stereocenters. The minimum absolute atomic E-state index is 0.858. The normalized spacial score (nSPS) is 5.00. The summed E-state index contributed by atoms with van der Waals surface area (Å²) in [5.74, 6) is 2.64. The highest BCUT2D eigenvalue weighted by atomic mass is 14.4. The molecule has 0 bridgehead atoms. The summed E-state index contributed by atoms with van der Waals surface area (Å²) in [5.41, 5.74) is 4.78. The van der Waals surface area contributed by atoms with E-state index in [1.807, 2.05) is 6.92 Å². The lowest BCUT2D eigenvalue weighted by Crippen LogP contribution is -1.73. The van der Waals surface area contributed by atoms with Gasteiger partial charge in [0.25, 0.3) is 0 Å². The summed E-state index contributed by atoms with van der Waals surface area (Å²) in [5, 5.41) is 0. The topological polar surface area (TPSA) is 26.0 Å². The van der Waals surface area contributed by atoms with Crippen LogP contribution >= 0.6 is 0 Å². The molecule has 2 N–H and O–H groups in total. The molecule has 0 aromatic carbocycles. The van der Waals surface area contributed by atoms with Gasteiger partial charge >= 0.3 is 0 Å². The predicted molar refractivity (Wildman–Crippen MR) is 22.3 cm³/mol. The summed E-state index contributed by atoms with van der Waals surface area (Å²) in [6, 6.07) is 2.27. The van der Waals surface area contributed by atoms with Gasteiger partial charge in [0.2, 0.25) is 0 Å². The SMILES string of the molecule is CCC#CN. The van der Waals surface area contributed by atoms with E-state index in [4.69, 9.17) is 5.73 Å². The Labute approximate surface area is 32.2 Å². The molecule has 5 heavy (non-hydrogen) atoms. The van der Waals surface area contributed by atoms with Gasteiger partial charge in [-0.25, -0.2) is 0 Å². The average molecular weight is 69.1 g/mol. The van der Waals surface area contributed by atoms with Crippen LogP contribution < -0.4 is 5.73 Å². The zero-order chi connectivity index (χ0) is 4.12. The van der Waals surface area contributed by atoms with Crippen LogP contribution in [-0.4, -0.2) is 0 Å². The first-order valence-electron chi connectivity index (χ1n) is 1.60. The molecule has 0 spiro atoms. The molecule has 0 heterocycles. The van der Waals surface area contributed by atoms with E-state index >= 15 is 0 Å². The van der Waals surface area contributed by atoms with Crippen LogP contribution in [0.15, 0.2) is 0 Å². The maximum atomic E-state index is 4.78. The van der Waals surface area contributed by atoms with E-state index in [1.54, 1.807) is 0 Å². The van der Waals surface area contributed by atoms with Gasteiger partial charge in [0, 0.05) is 12.5 Å². The third-order valence-corrected chi connectivity index (χ3v) is 0.279. The minimum atomic E-state index is 0.858. The summed E-state index contributed by atoms with van der Waals surface area (Å²) < 4.78 is 0. The monoisotopic (exact) mass is 69.1 g/mol. The van der Waals surface area contributed by atoms with E-state index in [-0.39, 0.29) is 0 Å². The van der Waals surface area contributed by atoms with Crippen molar-refractivity contribution in [3.63, 3.8) is 0 Å². The van der Waals surface area contributed by atoms with Crippen molar-refractivity contribution in [2.75, 3.05) is 0 Å². The number of hydrogen-bond acceptors (Lipinski definition) is 1. The average Bonchev–Trinajstić information content (AvgIpc) is 1.41. The van der Waals surface area contributed by atoms with Gasteiger partial charge in [-0.15, -0.1) is 0 Å². The van der Waals surface area contributed by atoms with Crippen LogP contribution in [0, 0.1) is 12.0 Å². The van der Waals surface area contributed by atoms with Gasteiger partial charge in [-0.1, -0.05) is 12.8 Å². The van der Waals surface area contributed by atoms with Crippen LogP contribution in [0.3, 0.4) is 0 Å². The molecule has 0 aliphatic heterocycles. The zero-order valence-electron chi connectivity index (χ0n) is 3.28. The standard InChI is InChI=1S/C4H7N/c1-2-3-4-5/h2,5H2,1H3. The lowest BCUT2D eigenvalue weighted by molar-refractivity contribution is 1.27. The van der Waals surface area contributed by atoms with Gasteiger partial charge < -0.3 is 5.73 Å². The lowest BCUT2D eigenvalue weighted by Gasteiger charge is -1.58. The van der Waals surface area contributed by atoms with Crippen LogP contribution in [0.4, 0.5) is 0 Å². The third kappa shape index (κ3) is 3.36. The molecular formula is C4H7N. The van der Waals surface area contributed by atoms with Gasteiger partial charge in [0.15, 0.2) is 0 Å². The molecule has 0 unspecified atom stereocenters. The summed E-state index contributed by atoms with van der Waals surface area (Å²) in [6.45, 7) is 1.96. The first-order chi connectivity index (χ1) is 2.41. The van der Waals surface area contributed by atoms with Crippen LogP contribution in [0.25, 0.3) is 0 Å². The Morgan fingerprint density at radius 2 is 2.40 bits per heavy atom. The van der Waals surface area contributed by atoms with Crippen LogP contribution in [0.5, 0.6) is 0 Å². The molecule has 0 saturated heterocycles. The molecular weight excluding hydrogens is 62.1 g/mol. The van der Waals surface area contributed by atoms with Crippen molar-refractivity contribution in [3.8, 4) is 12.0 Å². The number of hydrogen-bond donors (Lipinski definition) is 1. The Hall–Kier alpha value is -0.640. The maximum Gasteiger partial charge on any atom is 0.00785 e. The quantitative estimate of drug-likeness (QED) is 0.321. The molecule has 0 rings (SSSR count). The van der Waals surface area contributed by atoms with E-state index in [2.05, 4.69) is 12.0 Å². The lowest BCUT2D eigenvalue weighted by atomic mass is 10.5. The van der Waals surface area contributed by atoms with E-state index in [9.17, 15) is 0 Å². The van der Waals surface area contributed by atoms with Crippen molar-refractivity contribution in [1.29, 1.82) is 0 Å². The Morgan fingerprint density at radius 1 is 1.80 bits per heavy atom. The van der Waals surface area contributed by atoms with Crippen molar-refractivity contribution >= 4 is 0 Å². The Bertz CT molecular complexity index is 55.8. The van der Waals surface area contributed by atoms with Crippen LogP contribution in [0.2, 0.25) is 0 Å². The zero-order valence-corrected chi connectivity index (χ0v) is 3.28. The predicted octanol–water partition coefficient (Wildman–Crippen LogP) is 0.316. The summed E-state index contributed by atoms with van der Waals surface area (Å²) in [6.07, 6.45) is 0.858. The molecule has 1 nitrogen and oxygen atoms in total. The van der Waals surface area contributed by atoms with Gasteiger partial charge in [-0.05, 0) is 0 Å². The summed E-state index contributed by atoms with van der Waals surface area (Å²) >= 11 is 0. The molecule has 28 valence electrons. The summed E-state index contributed by atoms with van der Waals surface area (Å²) in [7, 11) is 0. The fourth-order valence-electron chi connectivity index (χ4n) is 0.102. The van der Waals surface area contributed by atoms with Gasteiger partial charge in [0.1, 0.15) is 0 Å². The van der Waals surface area contributed by atoms with Crippen molar-refractivity contribution in [1.82, 2.24) is 0 Å². The van der Waals surface area contributed by atoms with Crippen molar-refractivity contribution in [3.05, 3.63) is 0 Å². The smallest absolute Gasteiger partial charge is 0.00785 e. The highest BCUT2D eigenvalue weighted by Gasteiger charge is 1.49. The van der Waals surface area contributed by atoms with E-state index < -0.39 is 0 Å². The Kier molecular flexibility index (Phi) is 2.93. The highest BCUT2D eigenvalue weighted by Crippen LogP contribution is 1.60. The van der Waals surface area contributed by atoms with Crippen molar-refractivity contribution < 1.29 is 0 Å². The number of nitrogens with two attached hydrogens (primary N) is 1. The van der Waals surface area contributed by atoms with Crippen LogP contribution in [0.1, 0.15) is 13.3 Å². The molecule has 1 heteroatoms. The van der Waals surface area contributed by atoms with E-state index in [0.717, 1.165) is 6.42 Å². The molecule has 0 amide bonds. The fourth-order valence-corrected chi connectivity index (χ4v) is 0.102. The van der Waals surface area contributed by atoms with Gasteiger partial charge in [0.05, 0.1) is 0 Å². The second-order valence-electron chi connectivity index (χ2n) is 0.675. The number of rotatable bonds is 0. The first kappa shape index (κ1) is 4.36. The first-order valence-corrected chi connectivity index (χ1v) is 1.60. The fraction of sp³-hybridized carbons (Fsp3) is 0.500. The third-order valence-electron chi connectivity index (χ3n) is 0.279. The van der Waals surface area contributed by atoms with E-state index in [1.165, 1.54) is 0 Å². The summed E-state index contributed by atoms with van der Waals surface area (Å²) in [4.78, 5) is 0. The minimum Gasteiger partial charge on any atom is -0.359 e. The molecule has 0 fully saturated rings. The molecule has 0 aromatic rings. The molecule has 0 saturated carbocycles. The second kappa shape index (κ2) is 3.36. The Morgan fingerprint density at radius 3 is 2.40 bits per heavy atom. The van der Waals surface area contributed by atoms with Gasteiger partial charge in [-0.2, -0.15) is 0 Å². The van der Waals surface area contributed by atoms with E-state index in [0.29, 0.717) is 0 Å². The van der Waals surface area contributed by atoms with Crippen molar-refractivity contribution in [2.24, 2.45) is 5.73 Å². The molecule has 0 radical (unpaired) electrons. The molecule has 0 aliphatic rings. The van der Waals surface area contributed by atoms with Crippen LogP contribution in [-0.2, 0) is 0 Å². The largest absolute Gasteiger partial charge is 0.359 e. The Balaban J connectivity index is 2.81.